The number of benzene rings is 2. The van der Waals surface area contributed by atoms with Gasteiger partial charge in [-0.3, -0.25) is 4.57 Å². The Morgan fingerprint density at radius 3 is 2.28 bits per heavy atom. The van der Waals surface area contributed by atoms with Crippen LogP contribution < -0.4 is 14.2 Å². The van der Waals surface area contributed by atoms with Crippen molar-refractivity contribution in [3.05, 3.63) is 54.4 Å². The van der Waals surface area contributed by atoms with Gasteiger partial charge in [-0.05, 0) is 31.2 Å². The van der Waals surface area contributed by atoms with Gasteiger partial charge in [-0.2, -0.15) is 0 Å². The molecule has 0 aliphatic carbocycles. The lowest BCUT2D eigenvalue weighted by molar-refractivity contribution is 0.324. The quantitative estimate of drug-likeness (QED) is 0.390. The third kappa shape index (κ3) is 4.22. The molecule has 8 heteroatoms. The van der Waals surface area contributed by atoms with Gasteiger partial charge in [-0.15, -0.1) is 10.2 Å². The van der Waals surface area contributed by atoms with Crippen molar-refractivity contribution < 1.29 is 18.6 Å². The van der Waals surface area contributed by atoms with E-state index in [0.29, 0.717) is 45.2 Å². The molecule has 0 atom stereocenters. The van der Waals surface area contributed by atoms with Crippen LogP contribution in [0, 0.1) is 5.82 Å². The maximum Gasteiger partial charge on any atom is 0.203 e. The average molecular weight is 415 g/mol. The summed E-state index contributed by atoms with van der Waals surface area (Å²) in [7, 11) is 4.61. The van der Waals surface area contributed by atoms with Gasteiger partial charge in [-0.25, -0.2) is 4.39 Å². The van der Waals surface area contributed by atoms with Crippen molar-refractivity contribution in [1.82, 2.24) is 14.8 Å². The van der Waals surface area contributed by atoms with Gasteiger partial charge in [0.25, 0.3) is 0 Å². The molecule has 2 aromatic carbocycles. The SMILES string of the molecule is C=C(C)CSc1nnc(-c2cc(OC)c(OC)c(OC)c2)n1-c1ccccc1F. The molecule has 3 aromatic rings. The number of ether oxygens (including phenoxy) is 3. The maximum atomic E-state index is 14.7. The number of para-hydroxylation sites is 1. The molecule has 1 heterocycles. The summed E-state index contributed by atoms with van der Waals surface area (Å²) in [4.78, 5) is 0. The second-order valence-electron chi connectivity index (χ2n) is 6.25. The van der Waals surface area contributed by atoms with Gasteiger partial charge in [0.2, 0.25) is 5.75 Å². The van der Waals surface area contributed by atoms with E-state index in [0.717, 1.165) is 5.57 Å². The van der Waals surface area contributed by atoms with E-state index in [1.54, 1.807) is 34.9 Å². The summed E-state index contributed by atoms with van der Waals surface area (Å²) in [6.07, 6.45) is 0. The Bertz CT molecular complexity index is 1010. The lowest BCUT2D eigenvalue weighted by Crippen LogP contribution is -2.03. The topological polar surface area (TPSA) is 58.4 Å². The molecule has 0 saturated heterocycles. The molecular formula is C21H22FN3O3S. The van der Waals surface area contributed by atoms with Gasteiger partial charge in [0.1, 0.15) is 5.82 Å². The van der Waals surface area contributed by atoms with Gasteiger partial charge in [0.05, 0.1) is 27.0 Å². The predicted molar refractivity (Wildman–Crippen MR) is 112 cm³/mol. The Labute approximate surface area is 173 Å². The number of hydrogen-bond acceptors (Lipinski definition) is 6. The smallest absolute Gasteiger partial charge is 0.203 e. The molecule has 0 aliphatic heterocycles. The van der Waals surface area contributed by atoms with E-state index in [-0.39, 0.29) is 5.82 Å². The Hall–Kier alpha value is -3.00. The fourth-order valence-electron chi connectivity index (χ4n) is 2.80. The Morgan fingerprint density at radius 1 is 1.07 bits per heavy atom. The first-order chi connectivity index (χ1) is 14.0. The Morgan fingerprint density at radius 2 is 1.72 bits per heavy atom. The minimum absolute atomic E-state index is 0.352. The second-order valence-corrected chi connectivity index (χ2v) is 7.20. The number of nitrogens with zero attached hydrogens (tertiary/aromatic N) is 3. The van der Waals surface area contributed by atoms with Gasteiger partial charge in [0.15, 0.2) is 22.5 Å². The van der Waals surface area contributed by atoms with Crippen LogP contribution in [0.5, 0.6) is 17.2 Å². The summed E-state index contributed by atoms with van der Waals surface area (Å²) in [6, 6.07) is 10.0. The minimum Gasteiger partial charge on any atom is -0.493 e. The van der Waals surface area contributed by atoms with E-state index in [2.05, 4.69) is 16.8 Å². The highest BCUT2D eigenvalue weighted by atomic mass is 32.2. The van der Waals surface area contributed by atoms with Crippen LogP contribution in [-0.2, 0) is 0 Å². The van der Waals surface area contributed by atoms with E-state index >= 15 is 0 Å². The fraction of sp³-hybridized carbons (Fsp3) is 0.238. The monoisotopic (exact) mass is 415 g/mol. The minimum atomic E-state index is -0.377. The van der Waals surface area contributed by atoms with E-state index in [1.165, 1.54) is 39.2 Å². The summed E-state index contributed by atoms with van der Waals surface area (Å²) < 4.78 is 32.6. The van der Waals surface area contributed by atoms with Crippen molar-refractivity contribution in [2.45, 2.75) is 12.1 Å². The first-order valence-corrected chi connectivity index (χ1v) is 9.76. The first-order valence-electron chi connectivity index (χ1n) is 8.78. The molecule has 3 rings (SSSR count). The molecule has 0 bridgehead atoms. The Balaban J connectivity index is 2.22. The maximum absolute atomic E-state index is 14.7. The van der Waals surface area contributed by atoms with Crippen molar-refractivity contribution in [3.63, 3.8) is 0 Å². The molecule has 0 amide bonds. The van der Waals surface area contributed by atoms with Crippen LogP contribution >= 0.6 is 11.8 Å². The summed E-state index contributed by atoms with van der Waals surface area (Å²) in [5.41, 5.74) is 1.98. The van der Waals surface area contributed by atoms with E-state index < -0.39 is 0 Å². The lowest BCUT2D eigenvalue weighted by Gasteiger charge is -2.15. The number of rotatable bonds is 8. The van der Waals surface area contributed by atoms with Crippen LogP contribution in [0.1, 0.15) is 6.92 Å². The third-order valence-electron chi connectivity index (χ3n) is 4.10. The molecule has 152 valence electrons. The number of hydrogen-bond donors (Lipinski definition) is 0. The molecule has 0 radical (unpaired) electrons. The molecule has 1 aromatic heterocycles. The molecular weight excluding hydrogens is 393 g/mol. The van der Waals surface area contributed by atoms with Gasteiger partial charge in [-0.1, -0.05) is 36.0 Å². The fourth-order valence-corrected chi connectivity index (χ4v) is 3.59. The highest BCUT2D eigenvalue weighted by Crippen LogP contribution is 2.41. The van der Waals surface area contributed by atoms with Gasteiger partial charge >= 0.3 is 0 Å². The highest BCUT2D eigenvalue weighted by Gasteiger charge is 2.22. The molecule has 0 spiro atoms. The molecule has 29 heavy (non-hydrogen) atoms. The molecule has 0 unspecified atom stereocenters. The second kappa shape index (κ2) is 9.00. The van der Waals surface area contributed by atoms with E-state index in [9.17, 15) is 4.39 Å². The Kier molecular flexibility index (Phi) is 6.43. The normalized spacial score (nSPS) is 10.7. The molecule has 0 N–H and O–H groups in total. The number of methoxy groups -OCH3 is 3. The number of halogens is 1. The average Bonchev–Trinajstić information content (AvgIpc) is 3.15. The van der Waals surface area contributed by atoms with Crippen molar-refractivity contribution in [2.24, 2.45) is 0 Å². The summed E-state index contributed by atoms with van der Waals surface area (Å²) in [5.74, 6) is 2.13. The van der Waals surface area contributed by atoms with Crippen LogP contribution in [-0.4, -0.2) is 41.8 Å². The highest BCUT2D eigenvalue weighted by molar-refractivity contribution is 7.99. The standard InChI is InChI=1S/C21H22FN3O3S/c1-13(2)12-29-21-24-23-20(25(21)16-9-7-6-8-15(16)22)14-10-17(26-3)19(28-5)18(11-14)27-4/h6-11H,1,12H2,2-5H3. The summed E-state index contributed by atoms with van der Waals surface area (Å²) in [5, 5.41) is 9.18. The first kappa shape index (κ1) is 20.7. The van der Waals surface area contributed by atoms with Crippen LogP contribution in [0.4, 0.5) is 4.39 Å². The van der Waals surface area contributed by atoms with Crippen LogP contribution in [0.25, 0.3) is 17.1 Å². The lowest BCUT2D eigenvalue weighted by atomic mass is 10.1. The zero-order valence-electron chi connectivity index (χ0n) is 16.7. The van der Waals surface area contributed by atoms with Gasteiger partial charge in [0, 0.05) is 11.3 Å². The van der Waals surface area contributed by atoms with Crippen molar-refractivity contribution in [2.75, 3.05) is 27.1 Å². The molecule has 0 fully saturated rings. The zero-order valence-corrected chi connectivity index (χ0v) is 17.5. The van der Waals surface area contributed by atoms with E-state index in [4.69, 9.17) is 14.2 Å². The van der Waals surface area contributed by atoms with Crippen LogP contribution in [0.3, 0.4) is 0 Å². The predicted octanol–water partition coefficient (Wildman–Crippen LogP) is 4.77. The summed E-state index contributed by atoms with van der Waals surface area (Å²) in [6.45, 7) is 5.85. The largest absolute Gasteiger partial charge is 0.493 e. The molecule has 6 nitrogen and oxygen atoms in total. The van der Waals surface area contributed by atoms with Crippen molar-refractivity contribution >= 4 is 11.8 Å². The van der Waals surface area contributed by atoms with Crippen molar-refractivity contribution in [1.29, 1.82) is 0 Å². The van der Waals surface area contributed by atoms with Crippen molar-refractivity contribution in [3.8, 4) is 34.3 Å². The number of thioether (sulfide) groups is 1. The third-order valence-corrected chi connectivity index (χ3v) is 5.26. The van der Waals surface area contributed by atoms with E-state index in [1.807, 2.05) is 6.92 Å². The van der Waals surface area contributed by atoms with Crippen LogP contribution in [0.15, 0.2) is 53.7 Å². The molecule has 0 aliphatic rings. The summed E-state index contributed by atoms with van der Waals surface area (Å²) >= 11 is 1.44. The van der Waals surface area contributed by atoms with Crippen LogP contribution in [0.2, 0.25) is 0 Å². The molecule has 0 saturated carbocycles. The van der Waals surface area contributed by atoms with Gasteiger partial charge < -0.3 is 14.2 Å². The zero-order chi connectivity index (χ0) is 21.0. The number of aromatic nitrogens is 3.